The topological polar surface area (TPSA) is 116 Å². The van der Waals surface area contributed by atoms with Crippen molar-refractivity contribution in [3.05, 3.63) is 29.9 Å². The summed E-state index contributed by atoms with van der Waals surface area (Å²) in [7, 11) is 0. The number of piperidine rings is 1. The monoisotopic (exact) mass is 317 g/mol. The molecule has 1 aliphatic heterocycles. The number of rotatable bonds is 2. The highest BCUT2D eigenvalue weighted by molar-refractivity contribution is 5.65. The van der Waals surface area contributed by atoms with Crippen molar-refractivity contribution < 1.29 is 18.7 Å². The molecule has 0 spiro atoms. The van der Waals surface area contributed by atoms with Gasteiger partial charge < -0.3 is 14.4 Å². The molecule has 23 heavy (non-hydrogen) atoms. The zero-order chi connectivity index (χ0) is 16.4. The molecule has 2 aromatic rings. The third-order valence-electron chi connectivity index (χ3n) is 3.64. The lowest BCUT2D eigenvalue weighted by atomic mass is 9.95. The van der Waals surface area contributed by atoms with Gasteiger partial charge in [0.15, 0.2) is 0 Å². The Morgan fingerprint density at radius 1 is 1.52 bits per heavy atom. The second-order valence-corrected chi connectivity index (χ2v) is 5.23. The molecule has 1 aliphatic rings. The summed E-state index contributed by atoms with van der Waals surface area (Å²) >= 11 is 0. The van der Waals surface area contributed by atoms with Crippen molar-refractivity contribution in [1.82, 2.24) is 20.1 Å². The highest BCUT2D eigenvalue weighted by Gasteiger charge is 2.43. The molecule has 0 aliphatic carbocycles. The highest BCUT2D eigenvalue weighted by Crippen LogP contribution is 2.36. The minimum Gasteiger partial charge on any atom is -0.465 e. The summed E-state index contributed by atoms with van der Waals surface area (Å²) in [5, 5.41) is 25.4. The average molecular weight is 317 g/mol. The van der Waals surface area contributed by atoms with Crippen molar-refractivity contribution in [3.63, 3.8) is 0 Å². The SMILES string of the molecule is N#Cc1cc(-c2nnc([C@@]3(F)CCCN(C(=O)O)C3)o2)ccn1. The predicted octanol–water partition coefficient (Wildman–Crippen LogP) is 1.94. The van der Waals surface area contributed by atoms with Crippen LogP contribution in [0.15, 0.2) is 22.7 Å². The van der Waals surface area contributed by atoms with E-state index in [0.29, 0.717) is 12.0 Å². The molecule has 1 N–H and O–H groups in total. The van der Waals surface area contributed by atoms with E-state index < -0.39 is 11.8 Å². The summed E-state index contributed by atoms with van der Waals surface area (Å²) in [6.45, 7) is -0.0678. The van der Waals surface area contributed by atoms with Crippen molar-refractivity contribution in [2.45, 2.75) is 18.5 Å². The number of halogens is 1. The van der Waals surface area contributed by atoms with Crippen molar-refractivity contribution >= 4 is 6.09 Å². The maximum absolute atomic E-state index is 15.0. The van der Waals surface area contributed by atoms with Crippen LogP contribution in [0.3, 0.4) is 0 Å². The van der Waals surface area contributed by atoms with E-state index in [-0.39, 0.29) is 37.0 Å². The van der Waals surface area contributed by atoms with E-state index in [1.165, 1.54) is 12.3 Å². The van der Waals surface area contributed by atoms with Gasteiger partial charge in [0.1, 0.15) is 11.8 Å². The Morgan fingerprint density at radius 3 is 3.09 bits per heavy atom. The van der Waals surface area contributed by atoms with E-state index in [9.17, 15) is 4.79 Å². The van der Waals surface area contributed by atoms with Crippen LogP contribution in [0, 0.1) is 11.3 Å². The highest BCUT2D eigenvalue weighted by atomic mass is 19.1. The third kappa shape index (κ3) is 2.83. The number of aromatic nitrogens is 3. The molecule has 1 fully saturated rings. The van der Waals surface area contributed by atoms with E-state index in [2.05, 4.69) is 15.2 Å². The van der Waals surface area contributed by atoms with Crippen LogP contribution in [0.5, 0.6) is 0 Å². The third-order valence-corrected chi connectivity index (χ3v) is 3.64. The molecule has 118 valence electrons. The number of hydrogen-bond donors (Lipinski definition) is 1. The van der Waals surface area contributed by atoms with Gasteiger partial charge in [-0.15, -0.1) is 10.2 Å². The van der Waals surface area contributed by atoms with E-state index in [0.717, 1.165) is 4.90 Å². The maximum Gasteiger partial charge on any atom is 0.407 e. The summed E-state index contributed by atoms with van der Waals surface area (Å²) in [5.74, 6) is -0.197. The Morgan fingerprint density at radius 2 is 2.35 bits per heavy atom. The predicted molar refractivity (Wildman–Crippen MR) is 73.9 cm³/mol. The number of nitriles is 1. The molecule has 0 saturated carbocycles. The molecule has 0 radical (unpaired) electrons. The van der Waals surface area contributed by atoms with Crippen LogP contribution < -0.4 is 0 Å². The summed E-state index contributed by atoms with van der Waals surface area (Å²) in [6, 6.07) is 4.90. The lowest BCUT2D eigenvalue weighted by Gasteiger charge is -2.33. The zero-order valence-corrected chi connectivity index (χ0v) is 11.9. The normalized spacial score (nSPS) is 21.0. The zero-order valence-electron chi connectivity index (χ0n) is 11.9. The Hall–Kier alpha value is -3.02. The van der Waals surface area contributed by atoms with Gasteiger partial charge in [0.05, 0.1) is 6.54 Å². The van der Waals surface area contributed by atoms with Crippen LogP contribution in [-0.4, -0.2) is 44.4 Å². The van der Waals surface area contributed by atoms with Crippen LogP contribution in [0.2, 0.25) is 0 Å². The first-order valence-electron chi connectivity index (χ1n) is 6.89. The second-order valence-electron chi connectivity index (χ2n) is 5.23. The Labute approximate surface area is 130 Å². The van der Waals surface area contributed by atoms with Crippen LogP contribution in [0.4, 0.5) is 9.18 Å². The fourth-order valence-corrected chi connectivity index (χ4v) is 2.49. The molecule has 9 heteroatoms. The van der Waals surface area contributed by atoms with Crippen molar-refractivity contribution in [2.75, 3.05) is 13.1 Å². The molecule has 3 rings (SSSR count). The minimum absolute atomic E-state index is 0.0587. The second kappa shape index (κ2) is 5.64. The summed E-state index contributed by atoms with van der Waals surface area (Å²) < 4.78 is 20.4. The van der Waals surface area contributed by atoms with Gasteiger partial charge in [-0.25, -0.2) is 14.2 Å². The number of nitrogens with zero attached hydrogens (tertiary/aromatic N) is 5. The van der Waals surface area contributed by atoms with Crippen LogP contribution >= 0.6 is 0 Å². The van der Waals surface area contributed by atoms with E-state index in [1.807, 2.05) is 6.07 Å². The van der Waals surface area contributed by atoms with Crippen LogP contribution in [-0.2, 0) is 5.67 Å². The van der Waals surface area contributed by atoms with Crippen LogP contribution in [0.1, 0.15) is 24.4 Å². The van der Waals surface area contributed by atoms with Crippen LogP contribution in [0.25, 0.3) is 11.5 Å². The molecule has 0 aromatic carbocycles. The number of alkyl halides is 1. The number of likely N-dealkylation sites (tertiary alicyclic amines) is 1. The van der Waals surface area contributed by atoms with Crippen molar-refractivity contribution in [3.8, 4) is 17.5 Å². The fourth-order valence-electron chi connectivity index (χ4n) is 2.49. The largest absolute Gasteiger partial charge is 0.465 e. The lowest BCUT2D eigenvalue weighted by Crippen LogP contribution is -2.46. The first-order valence-corrected chi connectivity index (χ1v) is 6.89. The van der Waals surface area contributed by atoms with E-state index in [4.69, 9.17) is 14.8 Å². The molecule has 8 nitrogen and oxygen atoms in total. The Bertz CT molecular complexity index is 787. The van der Waals surface area contributed by atoms with E-state index >= 15 is 4.39 Å². The smallest absolute Gasteiger partial charge is 0.407 e. The van der Waals surface area contributed by atoms with Gasteiger partial charge >= 0.3 is 6.09 Å². The molecule has 0 bridgehead atoms. The lowest BCUT2D eigenvalue weighted by molar-refractivity contribution is 0.0239. The fraction of sp³-hybridized carbons (Fsp3) is 0.357. The molecule has 0 unspecified atom stereocenters. The molecule has 1 amide bonds. The van der Waals surface area contributed by atoms with Gasteiger partial charge in [-0.1, -0.05) is 0 Å². The minimum atomic E-state index is -2.01. The van der Waals surface area contributed by atoms with Crippen molar-refractivity contribution in [2.24, 2.45) is 0 Å². The van der Waals surface area contributed by atoms with Gasteiger partial charge in [-0.3, -0.25) is 0 Å². The van der Waals surface area contributed by atoms with Gasteiger partial charge in [0, 0.05) is 18.3 Å². The number of pyridine rings is 1. The standard InChI is InChI=1S/C14H12FN5O3/c15-14(3-1-5-20(8-14)13(21)22)12-19-18-11(23-12)9-2-4-17-10(6-9)7-16/h2,4,6H,1,3,5,8H2,(H,21,22)/t14-/m1/s1. The van der Waals surface area contributed by atoms with Gasteiger partial charge in [-0.2, -0.15) is 5.26 Å². The first kappa shape index (κ1) is 14.9. The first-order chi connectivity index (χ1) is 11.0. The molecular formula is C14H12FN5O3. The van der Waals surface area contributed by atoms with Crippen molar-refractivity contribution in [1.29, 1.82) is 5.26 Å². The quantitative estimate of drug-likeness (QED) is 0.899. The number of carboxylic acid groups (broad SMARTS) is 1. The molecule has 1 saturated heterocycles. The van der Waals surface area contributed by atoms with E-state index in [1.54, 1.807) is 6.07 Å². The maximum atomic E-state index is 15.0. The molecule has 2 aromatic heterocycles. The Kier molecular flexibility index (Phi) is 3.65. The Balaban J connectivity index is 1.89. The molecular weight excluding hydrogens is 305 g/mol. The molecule has 1 atom stereocenters. The van der Waals surface area contributed by atoms with Gasteiger partial charge in [-0.05, 0) is 25.0 Å². The number of amides is 1. The van der Waals surface area contributed by atoms with Gasteiger partial charge in [0.25, 0.3) is 5.89 Å². The molecule has 3 heterocycles. The summed E-state index contributed by atoms with van der Waals surface area (Å²) in [5.41, 5.74) is -1.38. The average Bonchev–Trinajstić information content (AvgIpc) is 3.06. The number of carbonyl (C=O) groups is 1. The van der Waals surface area contributed by atoms with Gasteiger partial charge in [0.2, 0.25) is 11.6 Å². The summed E-state index contributed by atoms with van der Waals surface area (Å²) in [6.07, 6.45) is 0.710. The summed E-state index contributed by atoms with van der Waals surface area (Å²) in [4.78, 5) is 15.8. The number of hydrogen-bond acceptors (Lipinski definition) is 6.